The first-order chi connectivity index (χ1) is 9.58. The Morgan fingerprint density at radius 3 is 2.75 bits per heavy atom. The zero-order valence-corrected chi connectivity index (χ0v) is 13.8. The molecule has 2 aromatic heterocycles. The number of H-pyrrole nitrogens is 1. The van der Waals surface area contributed by atoms with Gasteiger partial charge in [0.15, 0.2) is 0 Å². The molecule has 3 nitrogen and oxygen atoms in total. The molecule has 0 aliphatic rings. The van der Waals surface area contributed by atoms with E-state index in [4.69, 9.17) is 11.6 Å². The second kappa shape index (κ2) is 6.72. The lowest BCUT2D eigenvalue weighted by molar-refractivity contribution is 0.721. The van der Waals surface area contributed by atoms with Crippen molar-refractivity contribution in [3.05, 3.63) is 26.6 Å². The summed E-state index contributed by atoms with van der Waals surface area (Å²) in [6.45, 7) is 6.20. The summed E-state index contributed by atoms with van der Waals surface area (Å²) in [5, 5.41) is 0.517. The predicted molar refractivity (Wildman–Crippen MR) is 87.1 cm³/mol. The van der Waals surface area contributed by atoms with Crippen LogP contribution in [0.15, 0.2) is 4.79 Å². The summed E-state index contributed by atoms with van der Waals surface area (Å²) in [6, 6.07) is 0. The molecule has 0 saturated carbocycles. The van der Waals surface area contributed by atoms with Crippen molar-refractivity contribution in [1.82, 2.24) is 9.97 Å². The average molecular weight is 313 g/mol. The van der Waals surface area contributed by atoms with Crippen LogP contribution >= 0.6 is 22.9 Å². The standard InChI is InChI=1S/C15H21ClN2OS/c1-4-6-7-8-11-9(3)12-14(19)17-13(10(16)5-2)18-15(12)20-11/h10H,4-8H2,1-3H3,(H,17,18,19). The molecule has 1 atom stereocenters. The van der Waals surface area contributed by atoms with Crippen molar-refractivity contribution in [3.63, 3.8) is 0 Å². The molecule has 5 heteroatoms. The molecule has 20 heavy (non-hydrogen) atoms. The van der Waals surface area contributed by atoms with Gasteiger partial charge >= 0.3 is 0 Å². The number of rotatable bonds is 6. The Hall–Kier alpha value is -0.870. The second-order valence-corrected chi connectivity index (χ2v) is 6.72. The van der Waals surface area contributed by atoms with E-state index in [1.165, 1.54) is 24.1 Å². The van der Waals surface area contributed by atoms with Crippen molar-refractivity contribution >= 4 is 33.2 Å². The Morgan fingerprint density at radius 2 is 2.10 bits per heavy atom. The first-order valence-corrected chi connectivity index (χ1v) is 8.50. The summed E-state index contributed by atoms with van der Waals surface area (Å²) < 4.78 is 0. The lowest BCUT2D eigenvalue weighted by Crippen LogP contribution is -2.12. The monoisotopic (exact) mass is 312 g/mol. The number of nitrogens with one attached hydrogen (secondary N) is 1. The molecule has 0 aliphatic carbocycles. The van der Waals surface area contributed by atoms with E-state index in [-0.39, 0.29) is 10.9 Å². The maximum Gasteiger partial charge on any atom is 0.259 e. The van der Waals surface area contributed by atoms with Gasteiger partial charge in [-0.3, -0.25) is 4.79 Å². The summed E-state index contributed by atoms with van der Waals surface area (Å²) in [6.07, 6.45) is 5.39. The lowest BCUT2D eigenvalue weighted by atomic mass is 10.1. The van der Waals surface area contributed by atoms with Crippen LogP contribution in [0.25, 0.3) is 10.2 Å². The van der Waals surface area contributed by atoms with Gasteiger partial charge in [0, 0.05) is 4.88 Å². The van der Waals surface area contributed by atoms with Crippen LogP contribution in [0.2, 0.25) is 0 Å². The molecule has 0 amide bonds. The molecule has 1 N–H and O–H groups in total. The minimum Gasteiger partial charge on any atom is -0.309 e. The maximum absolute atomic E-state index is 12.2. The molecule has 0 bridgehead atoms. The van der Waals surface area contributed by atoms with Gasteiger partial charge < -0.3 is 4.98 Å². The molecule has 0 aromatic carbocycles. The summed E-state index contributed by atoms with van der Waals surface area (Å²) in [7, 11) is 0. The third-order valence-corrected chi connectivity index (χ3v) is 5.34. The second-order valence-electron chi connectivity index (χ2n) is 5.11. The topological polar surface area (TPSA) is 45.8 Å². The van der Waals surface area contributed by atoms with Crippen molar-refractivity contribution in [2.24, 2.45) is 0 Å². The van der Waals surface area contributed by atoms with E-state index in [2.05, 4.69) is 16.9 Å². The quantitative estimate of drug-likeness (QED) is 0.620. The summed E-state index contributed by atoms with van der Waals surface area (Å²) in [5.74, 6) is 0.591. The third-order valence-electron chi connectivity index (χ3n) is 3.58. The fourth-order valence-electron chi connectivity index (χ4n) is 2.32. The number of aromatic nitrogens is 2. The number of thiophene rings is 1. The molecule has 0 radical (unpaired) electrons. The van der Waals surface area contributed by atoms with Crippen LogP contribution in [0.4, 0.5) is 0 Å². The van der Waals surface area contributed by atoms with Crippen LogP contribution < -0.4 is 5.56 Å². The molecule has 0 spiro atoms. The zero-order valence-electron chi connectivity index (χ0n) is 12.3. The first-order valence-electron chi connectivity index (χ1n) is 7.24. The number of halogens is 1. The van der Waals surface area contributed by atoms with Crippen molar-refractivity contribution in [1.29, 1.82) is 0 Å². The molecule has 0 aliphatic heterocycles. The highest BCUT2D eigenvalue weighted by molar-refractivity contribution is 7.18. The molecule has 2 aromatic rings. The summed E-state index contributed by atoms with van der Waals surface area (Å²) >= 11 is 7.82. The highest BCUT2D eigenvalue weighted by Crippen LogP contribution is 2.30. The number of aryl methyl sites for hydroxylation is 2. The fourth-order valence-corrected chi connectivity index (χ4v) is 3.65. The van der Waals surface area contributed by atoms with Gasteiger partial charge in [0.2, 0.25) is 0 Å². The lowest BCUT2D eigenvalue weighted by Gasteiger charge is -2.04. The number of hydrogen-bond acceptors (Lipinski definition) is 3. The number of alkyl halides is 1. The van der Waals surface area contributed by atoms with Crippen LogP contribution in [0.1, 0.15) is 61.2 Å². The Balaban J connectivity index is 2.42. The number of aromatic amines is 1. The van der Waals surface area contributed by atoms with Crippen LogP contribution in [-0.2, 0) is 6.42 Å². The van der Waals surface area contributed by atoms with E-state index < -0.39 is 0 Å². The minimum absolute atomic E-state index is 0.0559. The molecule has 0 fully saturated rings. The van der Waals surface area contributed by atoms with Gasteiger partial charge in [-0.1, -0.05) is 26.7 Å². The molecule has 2 rings (SSSR count). The molecule has 1 unspecified atom stereocenters. The van der Waals surface area contributed by atoms with E-state index >= 15 is 0 Å². The van der Waals surface area contributed by atoms with Gasteiger partial charge in [-0.05, 0) is 31.7 Å². The average Bonchev–Trinajstić information content (AvgIpc) is 2.75. The van der Waals surface area contributed by atoms with Gasteiger partial charge in [-0.15, -0.1) is 22.9 Å². The highest BCUT2D eigenvalue weighted by atomic mass is 35.5. The molecule has 0 saturated heterocycles. The van der Waals surface area contributed by atoms with E-state index in [9.17, 15) is 4.79 Å². The van der Waals surface area contributed by atoms with E-state index in [1.807, 2.05) is 13.8 Å². The number of unbranched alkanes of at least 4 members (excludes halogenated alkanes) is 2. The molecule has 2 heterocycles. The summed E-state index contributed by atoms with van der Waals surface area (Å²) in [5.41, 5.74) is 1.03. The number of nitrogens with zero attached hydrogens (tertiary/aromatic N) is 1. The number of hydrogen-bond donors (Lipinski definition) is 1. The summed E-state index contributed by atoms with van der Waals surface area (Å²) in [4.78, 5) is 21.7. The van der Waals surface area contributed by atoms with Gasteiger partial charge in [0.05, 0.1) is 10.8 Å². The predicted octanol–water partition coefficient (Wildman–Crippen LogP) is 4.72. The van der Waals surface area contributed by atoms with E-state index in [0.717, 1.165) is 28.6 Å². The van der Waals surface area contributed by atoms with Gasteiger partial charge in [0.1, 0.15) is 10.7 Å². The van der Waals surface area contributed by atoms with Gasteiger partial charge in [0.25, 0.3) is 5.56 Å². The van der Waals surface area contributed by atoms with Crippen molar-refractivity contribution in [2.45, 2.75) is 58.3 Å². The zero-order chi connectivity index (χ0) is 14.7. The molecular formula is C15H21ClN2OS. The largest absolute Gasteiger partial charge is 0.309 e. The van der Waals surface area contributed by atoms with E-state index in [0.29, 0.717) is 5.82 Å². The van der Waals surface area contributed by atoms with Crippen LogP contribution in [-0.4, -0.2) is 9.97 Å². The Morgan fingerprint density at radius 1 is 1.35 bits per heavy atom. The van der Waals surface area contributed by atoms with Crippen LogP contribution in [0, 0.1) is 6.92 Å². The Labute approximate surface area is 128 Å². The van der Waals surface area contributed by atoms with Crippen molar-refractivity contribution < 1.29 is 0 Å². The Bertz CT molecular complexity index is 647. The van der Waals surface area contributed by atoms with Crippen LogP contribution in [0.5, 0.6) is 0 Å². The fraction of sp³-hybridized carbons (Fsp3) is 0.600. The van der Waals surface area contributed by atoms with Crippen molar-refractivity contribution in [3.8, 4) is 0 Å². The Kier molecular flexibility index (Phi) is 5.22. The SMILES string of the molecule is CCCCCc1sc2nc(C(Cl)CC)[nH]c(=O)c2c1C. The molecule has 110 valence electrons. The maximum atomic E-state index is 12.2. The van der Waals surface area contributed by atoms with Gasteiger partial charge in [-0.25, -0.2) is 4.98 Å². The number of fused-ring (bicyclic) bond motifs is 1. The van der Waals surface area contributed by atoms with Crippen molar-refractivity contribution in [2.75, 3.05) is 0 Å². The minimum atomic E-state index is -0.224. The normalized spacial score (nSPS) is 13.0. The first kappa shape index (κ1) is 15.5. The van der Waals surface area contributed by atoms with Crippen LogP contribution in [0.3, 0.4) is 0 Å². The molecular weight excluding hydrogens is 292 g/mol. The van der Waals surface area contributed by atoms with E-state index in [1.54, 1.807) is 11.3 Å². The van der Waals surface area contributed by atoms with Gasteiger partial charge in [-0.2, -0.15) is 0 Å². The smallest absolute Gasteiger partial charge is 0.259 e. The third kappa shape index (κ3) is 3.07. The highest BCUT2D eigenvalue weighted by Gasteiger charge is 2.16.